The molecule has 0 aromatic heterocycles. The van der Waals surface area contributed by atoms with E-state index in [9.17, 15) is 4.79 Å². The molecule has 4 rings (SSSR count). The van der Waals surface area contributed by atoms with Crippen LogP contribution in [0.15, 0.2) is 24.3 Å². The van der Waals surface area contributed by atoms with E-state index in [-0.39, 0.29) is 12.7 Å². The van der Waals surface area contributed by atoms with Crippen LogP contribution >= 0.6 is 0 Å². The maximum Gasteiger partial charge on any atom is 0.246 e. The van der Waals surface area contributed by atoms with Crippen molar-refractivity contribution in [2.75, 3.05) is 40.1 Å². The Labute approximate surface area is 147 Å². The van der Waals surface area contributed by atoms with Crippen LogP contribution in [-0.2, 0) is 9.53 Å². The molecule has 0 atom stereocenters. The van der Waals surface area contributed by atoms with Crippen molar-refractivity contribution in [1.82, 2.24) is 9.80 Å². The van der Waals surface area contributed by atoms with E-state index >= 15 is 0 Å². The molecule has 3 aliphatic rings. The number of benzene rings is 1. The van der Waals surface area contributed by atoms with Gasteiger partial charge in [-0.2, -0.15) is 0 Å². The lowest BCUT2D eigenvalue weighted by Gasteiger charge is -2.47. The molecular weight excluding hydrogens is 320 g/mol. The van der Waals surface area contributed by atoms with E-state index in [2.05, 4.69) is 4.90 Å². The first-order valence-corrected chi connectivity index (χ1v) is 8.86. The second-order valence-electron chi connectivity index (χ2n) is 6.81. The molecule has 1 aromatic carbocycles. The predicted octanol–water partition coefficient (Wildman–Crippen LogP) is 1.75. The van der Waals surface area contributed by atoms with Crippen LogP contribution in [0.1, 0.15) is 18.4 Å². The highest BCUT2D eigenvalue weighted by molar-refractivity contribution is 5.92. The van der Waals surface area contributed by atoms with Crippen LogP contribution in [-0.4, -0.2) is 67.9 Å². The molecule has 0 aliphatic carbocycles. The number of amides is 1. The third-order valence-electron chi connectivity index (χ3n) is 5.32. The molecule has 1 amide bonds. The van der Waals surface area contributed by atoms with Crippen molar-refractivity contribution < 1.29 is 19.0 Å². The summed E-state index contributed by atoms with van der Waals surface area (Å²) in [7, 11) is 1.79. The number of fused-ring (bicyclic) bond motifs is 1. The highest BCUT2D eigenvalue weighted by Gasteiger charge is 2.35. The number of nitrogens with zero attached hydrogens (tertiary/aromatic N) is 2. The Morgan fingerprint density at radius 1 is 1.20 bits per heavy atom. The number of hydrogen-bond acceptors (Lipinski definition) is 5. The smallest absolute Gasteiger partial charge is 0.246 e. The van der Waals surface area contributed by atoms with Gasteiger partial charge in [0.25, 0.3) is 0 Å². The minimum absolute atomic E-state index is 0.0701. The number of piperidine rings is 1. The van der Waals surface area contributed by atoms with Crippen LogP contribution in [0.3, 0.4) is 0 Å². The van der Waals surface area contributed by atoms with Gasteiger partial charge in [-0.15, -0.1) is 0 Å². The lowest BCUT2D eigenvalue weighted by molar-refractivity contribution is -0.134. The Morgan fingerprint density at radius 3 is 2.72 bits per heavy atom. The van der Waals surface area contributed by atoms with Crippen LogP contribution in [0.4, 0.5) is 0 Å². The first-order valence-electron chi connectivity index (χ1n) is 8.86. The maximum atomic E-state index is 12.3. The van der Waals surface area contributed by atoms with Gasteiger partial charge in [-0.1, -0.05) is 6.07 Å². The molecule has 2 fully saturated rings. The summed E-state index contributed by atoms with van der Waals surface area (Å²) in [5.41, 5.74) is 0.941. The van der Waals surface area contributed by atoms with Crippen LogP contribution in [0, 0.1) is 0 Å². The van der Waals surface area contributed by atoms with Crippen molar-refractivity contribution >= 4 is 12.0 Å². The molecule has 2 saturated heterocycles. The normalized spacial score (nSPS) is 21.7. The number of rotatable bonds is 4. The molecule has 0 unspecified atom stereocenters. The van der Waals surface area contributed by atoms with E-state index in [4.69, 9.17) is 14.2 Å². The lowest BCUT2D eigenvalue weighted by Crippen LogP contribution is -2.62. The molecule has 6 heteroatoms. The quantitative estimate of drug-likeness (QED) is 0.779. The Hall–Kier alpha value is -2.05. The van der Waals surface area contributed by atoms with E-state index in [1.54, 1.807) is 13.2 Å². The summed E-state index contributed by atoms with van der Waals surface area (Å²) in [5, 5.41) is 0. The number of carbonyl (C=O) groups is 1. The fourth-order valence-electron chi connectivity index (χ4n) is 3.63. The van der Waals surface area contributed by atoms with Crippen molar-refractivity contribution in [3.05, 3.63) is 29.8 Å². The minimum atomic E-state index is 0.0701. The fourth-order valence-corrected chi connectivity index (χ4v) is 3.63. The molecule has 0 spiro atoms. The van der Waals surface area contributed by atoms with Crippen molar-refractivity contribution in [2.24, 2.45) is 0 Å². The van der Waals surface area contributed by atoms with Gasteiger partial charge in [-0.3, -0.25) is 9.69 Å². The van der Waals surface area contributed by atoms with Crippen molar-refractivity contribution in [3.8, 4) is 11.5 Å². The average molecular weight is 344 g/mol. The summed E-state index contributed by atoms with van der Waals surface area (Å²) in [6, 6.07) is 6.19. The molecular formula is C19H24N2O4. The van der Waals surface area contributed by atoms with Crippen LogP contribution < -0.4 is 9.47 Å². The third-order valence-corrected chi connectivity index (χ3v) is 5.32. The molecule has 0 saturated carbocycles. The topological polar surface area (TPSA) is 51.2 Å². The van der Waals surface area contributed by atoms with Gasteiger partial charge >= 0.3 is 0 Å². The third kappa shape index (κ3) is 3.50. The number of carbonyl (C=O) groups excluding carboxylic acids is 1. The highest BCUT2D eigenvalue weighted by atomic mass is 16.7. The van der Waals surface area contributed by atoms with Crippen molar-refractivity contribution in [1.29, 1.82) is 0 Å². The summed E-state index contributed by atoms with van der Waals surface area (Å²) < 4.78 is 16.1. The summed E-state index contributed by atoms with van der Waals surface area (Å²) in [6.07, 6.45) is 6.06. The van der Waals surface area contributed by atoms with E-state index in [0.29, 0.717) is 12.1 Å². The van der Waals surface area contributed by atoms with Crippen LogP contribution in [0.25, 0.3) is 6.08 Å². The van der Waals surface area contributed by atoms with Crippen molar-refractivity contribution in [2.45, 2.75) is 25.0 Å². The van der Waals surface area contributed by atoms with Crippen molar-refractivity contribution in [3.63, 3.8) is 0 Å². The Balaban J connectivity index is 1.26. The predicted molar refractivity (Wildman–Crippen MR) is 93.6 cm³/mol. The van der Waals surface area contributed by atoms with Gasteiger partial charge in [0.2, 0.25) is 12.7 Å². The molecule has 25 heavy (non-hydrogen) atoms. The molecule has 3 heterocycles. The summed E-state index contributed by atoms with van der Waals surface area (Å²) >= 11 is 0. The van der Waals surface area contributed by atoms with E-state index in [1.807, 2.05) is 29.2 Å². The van der Waals surface area contributed by atoms with Gasteiger partial charge < -0.3 is 19.1 Å². The standard InChI is InChI=1S/C19H24N2O4/c1-23-16-6-8-20(9-7-16)15-11-21(12-15)19(22)5-3-14-2-4-17-18(10-14)25-13-24-17/h2-5,10,15-16H,6-9,11-13H2,1H3. The highest BCUT2D eigenvalue weighted by Crippen LogP contribution is 2.32. The van der Waals surface area contributed by atoms with E-state index < -0.39 is 0 Å². The van der Waals surface area contributed by atoms with Crippen LogP contribution in [0.2, 0.25) is 0 Å². The SMILES string of the molecule is COC1CCN(C2CN(C(=O)C=Cc3ccc4c(c3)OCO4)C2)CC1. The molecule has 0 radical (unpaired) electrons. The molecule has 3 aliphatic heterocycles. The van der Waals surface area contributed by atoms with Gasteiger partial charge in [0.15, 0.2) is 11.5 Å². The van der Waals surface area contributed by atoms with E-state index in [0.717, 1.165) is 56.1 Å². The van der Waals surface area contributed by atoms with E-state index in [1.165, 1.54) is 0 Å². The number of hydrogen-bond donors (Lipinski definition) is 0. The second kappa shape index (κ2) is 7.06. The largest absolute Gasteiger partial charge is 0.454 e. The Bertz CT molecular complexity index is 661. The fraction of sp³-hybridized carbons (Fsp3) is 0.526. The number of ether oxygens (including phenoxy) is 3. The molecule has 6 nitrogen and oxygen atoms in total. The zero-order chi connectivity index (χ0) is 17.2. The number of likely N-dealkylation sites (tertiary alicyclic amines) is 2. The first kappa shape index (κ1) is 16.4. The van der Waals surface area contributed by atoms with Gasteiger partial charge in [0.1, 0.15) is 0 Å². The van der Waals surface area contributed by atoms with Gasteiger partial charge in [0, 0.05) is 45.4 Å². The zero-order valence-electron chi connectivity index (χ0n) is 14.5. The zero-order valence-corrected chi connectivity index (χ0v) is 14.5. The second-order valence-corrected chi connectivity index (χ2v) is 6.81. The van der Waals surface area contributed by atoms with Gasteiger partial charge in [0.05, 0.1) is 6.10 Å². The lowest BCUT2D eigenvalue weighted by atomic mass is 10.0. The summed E-state index contributed by atoms with van der Waals surface area (Å²) in [6.45, 7) is 4.04. The Kier molecular flexibility index (Phi) is 4.63. The Morgan fingerprint density at radius 2 is 1.96 bits per heavy atom. The summed E-state index contributed by atoms with van der Waals surface area (Å²) in [4.78, 5) is 16.7. The molecule has 0 N–H and O–H groups in total. The van der Waals surface area contributed by atoms with Crippen LogP contribution in [0.5, 0.6) is 11.5 Å². The monoisotopic (exact) mass is 344 g/mol. The summed E-state index contributed by atoms with van der Waals surface area (Å²) in [5.74, 6) is 1.56. The molecule has 0 bridgehead atoms. The molecule has 1 aromatic rings. The van der Waals surface area contributed by atoms with Gasteiger partial charge in [-0.05, 0) is 36.6 Å². The maximum absolute atomic E-state index is 12.3. The number of methoxy groups -OCH3 is 1. The minimum Gasteiger partial charge on any atom is -0.454 e. The first-order chi connectivity index (χ1) is 12.2. The van der Waals surface area contributed by atoms with Gasteiger partial charge in [-0.25, -0.2) is 0 Å². The average Bonchev–Trinajstić information content (AvgIpc) is 3.07. The molecule has 134 valence electrons.